The molecule has 0 bridgehead atoms. The minimum atomic E-state index is -0.846. The predicted octanol–water partition coefficient (Wildman–Crippen LogP) is 3.72. The van der Waals surface area contributed by atoms with Crippen molar-refractivity contribution < 1.29 is 18.7 Å². The fourth-order valence-electron chi connectivity index (χ4n) is 2.34. The smallest absolute Gasteiger partial charge is 0.294 e. The zero-order chi connectivity index (χ0) is 16.9. The number of oxazole rings is 1. The van der Waals surface area contributed by atoms with Crippen LogP contribution in [0.3, 0.4) is 0 Å². The van der Waals surface area contributed by atoms with Crippen molar-refractivity contribution in [2.24, 2.45) is 0 Å². The standard InChI is InChI=1S/C18H23NO4/c1-13(2)21-9-8-14-6-5-7-15(10-14)16-17(19-11-22-16)18(3,4)23-12-20/h5-7,10-13H,8-9H2,1-4H3. The highest BCUT2D eigenvalue weighted by molar-refractivity contribution is 5.62. The van der Waals surface area contributed by atoms with E-state index >= 15 is 0 Å². The van der Waals surface area contributed by atoms with E-state index in [0.717, 1.165) is 17.5 Å². The molecule has 0 saturated heterocycles. The molecule has 0 saturated carbocycles. The Labute approximate surface area is 136 Å². The van der Waals surface area contributed by atoms with Crippen LogP contribution in [0.25, 0.3) is 11.3 Å². The number of aromatic nitrogens is 1. The number of carbonyl (C=O) groups excluding carboxylic acids is 1. The van der Waals surface area contributed by atoms with E-state index in [-0.39, 0.29) is 6.10 Å². The van der Waals surface area contributed by atoms with Crippen molar-refractivity contribution in [3.8, 4) is 11.3 Å². The number of hydrogen-bond donors (Lipinski definition) is 0. The maximum Gasteiger partial charge on any atom is 0.294 e. The molecule has 23 heavy (non-hydrogen) atoms. The molecule has 1 heterocycles. The van der Waals surface area contributed by atoms with Gasteiger partial charge in [0.25, 0.3) is 6.47 Å². The Hall–Kier alpha value is -2.14. The second-order valence-corrected chi connectivity index (χ2v) is 6.12. The summed E-state index contributed by atoms with van der Waals surface area (Å²) in [7, 11) is 0. The van der Waals surface area contributed by atoms with Crippen LogP contribution in [0, 0.1) is 0 Å². The van der Waals surface area contributed by atoms with E-state index in [9.17, 15) is 4.79 Å². The van der Waals surface area contributed by atoms with Gasteiger partial charge in [0.1, 0.15) is 5.69 Å². The SMILES string of the molecule is CC(C)OCCc1cccc(-c2ocnc2C(C)(C)OC=O)c1. The van der Waals surface area contributed by atoms with Crippen molar-refractivity contribution in [2.75, 3.05) is 6.61 Å². The molecule has 1 aromatic heterocycles. The molecule has 2 rings (SSSR count). The number of ether oxygens (including phenoxy) is 2. The average Bonchev–Trinajstić information content (AvgIpc) is 2.97. The van der Waals surface area contributed by atoms with Crippen molar-refractivity contribution in [3.63, 3.8) is 0 Å². The molecular formula is C18H23NO4. The van der Waals surface area contributed by atoms with Crippen LogP contribution in [-0.4, -0.2) is 24.2 Å². The van der Waals surface area contributed by atoms with Gasteiger partial charge in [-0.1, -0.05) is 18.2 Å². The summed E-state index contributed by atoms with van der Waals surface area (Å²) in [6.45, 7) is 8.70. The Morgan fingerprint density at radius 1 is 1.35 bits per heavy atom. The molecule has 0 aliphatic heterocycles. The number of nitrogens with zero attached hydrogens (tertiary/aromatic N) is 1. The van der Waals surface area contributed by atoms with Crippen molar-refractivity contribution in [1.29, 1.82) is 0 Å². The van der Waals surface area contributed by atoms with Gasteiger partial charge >= 0.3 is 0 Å². The Morgan fingerprint density at radius 3 is 2.83 bits per heavy atom. The van der Waals surface area contributed by atoms with Crippen LogP contribution in [0.1, 0.15) is 39.0 Å². The summed E-state index contributed by atoms with van der Waals surface area (Å²) in [5.41, 5.74) is 1.81. The molecule has 0 amide bonds. The molecule has 0 aliphatic rings. The zero-order valence-electron chi connectivity index (χ0n) is 14.0. The maximum atomic E-state index is 10.7. The Balaban J connectivity index is 2.23. The summed E-state index contributed by atoms with van der Waals surface area (Å²) in [5.74, 6) is 0.614. The normalized spacial score (nSPS) is 11.7. The van der Waals surface area contributed by atoms with E-state index in [1.54, 1.807) is 13.8 Å². The van der Waals surface area contributed by atoms with Crippen LogP contribution in [0.5, 0.6) is 0 Å². The first-order valence-electron chi connectivity index (χ1n) is 7.70. The summed E-state index contributed by atoms with van der Waals surface area (Å²) in [6, 6.07) is 8.02. The van der Waals surface area contributed by atoms with Crippen LogP contribution in [0.2, 0.25) is 0 Å². The highest BCUT2D eigenvalue weighted by Gasteiger charge is 2.30. The summed E-state index contributed by atoms with van der Waals surface area (Å²) in [5, 5.41) is 0. The lowest BCUT2D eigenvalue weighted by molar-refractivity contribution is -0.141. The van der Waals surface area contributed by atoms with Gasteiger partial charge in [0.15, 0.2) is 17.8 Å². The minimum absolute atomic E-state index is 0.223. The van der Waals surface area contributed by atoms with Crippen molar-refractivity contribution in [3.05, 3.63) is 41.9 Å². The maximum absolute atomic E-state index is 10.7. The number of rotatable bonds is 8. The van der Waals surface area contributed by atoms with Gasteiger partial charge in [-0.15, -0.1) is 0 Å². The molecule has 5 heteroatoms. The average molecular weight is 317 g/mol. The lowest BCUT2D eigenvalue weighted by Gasteiger charge is -2.21. The highest BCUT2D eigenvalue weighted by atomic mass is 16.5. The second-order valence-electron chi connectivity index (χ2n) is 6.12. The van der Waals surface area contributed by atoms with E-state index in [0.29, 0.717) is 24.5 Å². The fraction of sp³-hybridized carbons (Fsp3) is 0.444. The van der Waals surface area contributed by atoms with Gasteiger partial charge in [-0.3, -0.25) is 4.79 Å². The molecule has 0 fully saturated rings. The first-order chi connectivity index (χ1) is 10.9. The summed E-state index contributed by atoms with van der Waals surface area (Å²) >= 11 is 0. The Bertz CT molecular complexity index is 646. The van der Waals surface area contributed by atoms with E-state index in [1.165, 1.54) is 6.39 Å². The van der Waals surface area contributed by atoms with E-state index in [1.807, 2.05) is 32.0 Å². The third-order valence-electron chi connectivity index (χ3n) is 3.51. The summed E-state index contributed by atoms with van der Waals surface area (Å²) in [6.07, 6.45) is 2.42. The molecule has 1 aromatic carbocycles. The number of hydrogen-bond acceptors (Lipinski definition) is 5. The molecular weight excluding hydrogens is 294 g/mol. The lowest BCUT2D eigenvalue weighted by atomic mass is 9.98. The molecule has 0 spiro atoms. The largest absolute Gasteiger partial charge is 0.455 e. The van der Waals surface area contributed by atoms with Gasteiger partial charge in [-0.2, -0.15) is 0 Å². The van der Waals surface area contributed by atoms with E-state index < -0.39 is 5.60 Å². The number of benzene rings is 1. The van der Waals surface area contributed by atoms with Gasteiger partial charge in [0, 0.05) is 5.56 Å². The van der Waals surface area contributed by atoms with Crippen LogP contribution < -0.4 is 0 Å². The molecule has 124 valence electrons. The van der Waals surface area contributed by atoms with Gasteiger partial charge in [0.2, 0.25) is 0 Å². The van der Waals surface area contributed by atoms with E-state index in [4.69, 9.17) is 13.9 Å². The lowest BCUT2D eigenvalue weighted by Crippen LogP contribution is -2.22. The fourth-order valence-corrected chi connectivity index (χ4v) is 2.34. The molecule has 0 radical (unpaired) electrons. The van der Waals surface area contributed by atoms with Crippen molar-refractivity contribution in [2.45, 2.75) is 45.8 Å². The third kappa shape index (κ3) is 4.42. The number of carbonyl (C=O) groups is 1. The van der Waals surface area contributed by atoms with E-state index in [2.05, 4.69) is 11.1 Å². The molecule has 0 N–H and O–H groups in total. The van der Waals surface area contributed by atoms with Crippen molar-refractivity contribution in [1.82, 2.24) is 4.98 Å². The molecule has 0 atom stereocenters. The van der Waals surface area contributed by atoms with Crippen LogP contribution >= 0.6 is 0 Å². The monoisotopic (exact) mass is 317 g/mol. The predicted molar refractivity (Wildman–Crippen MR) is 86.9 cm³/mol. The molecule has 5 nitrogen and oxygen atoms in total. The Morgan fingerprint density at radius 2 is 2.13 bits per heavy atom. The zero-order valence-corrected chi connectivity index (χ0v) is 14.0. The van der Waals surface area contributed by atoms with Gasteiger partial charge < -0.3 is 13.9 Å². The van der Waals surface area contributed by atoms with Gasteiger partial charge in [0.05, 0.1) is 12.7 Å². The van der Waals surface area contributed by atoms with Gasteiger partial charge in [-0.25, -0.2) is 4.98 Å². The molecule has 2 aromatic rings. The van der Waals surface area contributed by atoms with Crippen molar-refractivity contribution >= 4 is 6.47 Å². The molecule has 0 unspecified atom stereocenters. The first kappa shape index (κ1) is 17.2. The third-order valence-corrected chi connectivity index (χ3v) is 3.51. The Kier molecular flexibility index (Phi) is 5.55. The first-order valence-corrected chi connectivity index (χ1v) is 7.70. The van der Waals surface area contributed by atoms with Crippen LogP contribution in [0.15, 0.2) is 35.1 Å². The summed E-state index contributed by atoms with van der Waals surface area (Å²) < 4.78 is 16.3. The van der Waals surface area contributed by atoms with Crippen LogP contribution in [-0.2, 0) is 26.3 Å². The van der Waals surface area contributed by atoms with Gasteiger partial charge in [-0.05, 0) is 45.7 Å². The molecule has 0 aliphatic carbocycles. The summed E-state index contributed by atoms with van der Waals surface area (Å²) in [4.78, 5) is 14.9. The topological polar surface area (TPSA) is 61.6 Å². The quantitative estimate of drug-likeness (QED) is 0.694. The minimum Gasteiger partial charge on any atom is -0.455 e. The van der Waals surface area contributed by atoms with Crippen LogP contribution in [0.4, 0.5) is 0 Å². The second kappa shape index (κ2) is 7.42. The highest BCUT2D eigenvalue weighted by Crippen LogP contribution is 2.33.